The first kappa shape index (κ1) is 15.4. The number of nitrogens with zero attached hydrogens (tertiary/aromatic N) is 1. The Balaban J connectivity index is 2.45. The number of rotatable bonds is 7. The fraction of sp³-hybridized carbons (Fsp3) is 0.923. The highest BCUT2D eigenvalue weighted by atomic mass is 16.5. The highest BCUT2D eigenvalue weighted by molar-refractivity contribution is 5.76. The SMILES string of the molecule is CCNC(CN(C)C1CCOCC1)C(=O)OCC. The number of nitrogens with one attached hydrogen (secondary N) is 1. The second kappa shape index (κ2) is 8.45. The summed E-state index contributed by atoms with van der Waals surface area (Å²) in [5.74, 6) is -0.154. The molecule has 1 atom stereocenters. The summed E-state index contributed by atoms with van der Waals surface area (Å²) in [7, 11) is 2.07. The average Bonchev–Trinajstić information content (AvgIpc) is 2.39. The Labute approximate surface area is 110 Å². The predicted octanol–water partition coefficient (Wildman–Crippen LogP) is 0.638. The lowest BCUT2D eigenvalue weighted by molar-refractivity contribution is -0.146. The Kier molecular flexibility index (Phi) is 7.23. The second-order valence-corrected chi connectivity index (χ2v) is 4.65. The average molecular weight is 258 g/mol. The van der Waals surface area contributed by atoms with Gasteiger partial charge in [0.2, 0.25) is 0 Å². The second-order valence-electron chi connectivity index (χ2n) is 4.65. The number of esters is 1. The Bertz CT molecular complexity index is 242. The standard InChI is InChI=1S/C13H26N2O3/c1-4-14-12(13(16)18-5-2)10-15(3)11-6-8-17-9-7-11/h11-12,14H,4-10H2,1-3H3. The zero-order chi connectivity index (χ0) is 13.4. The van der Waals surface area contributed by atoms with Crippen molar-refractivity contribution < 1.29 is 14.3 Å². The summed E-state index contributed by atoms with van der Waals surface area (Å²) in [6.45, 7) is 7.37. The number of hydrogen-bond donors (Lipinski definition) is 1. The van der Waals surface area contributed by atoms with Gasteiger partial charge >= 0.3 is 5.97 Å². The molecule has 18 heavy (non-hydrogen) atoms. The molecular weight excluding hydrogens is 232 g/mol. The smallest absolute Gasteiger partial charge is 0.324 e. The van der Waals surface area contributed by atoms with Crippen LogP contribution in [-0.4, -0.2) is 62.9 Å². The van der Waals surface area contributed by atoms with E-state index >= 15 is 0 Å². The van der Waals surface area contributed by atoms with Crippen LogP contribution in [0, 0.1) is 0 Å². The van der Waals surface area contributed by atoms with Gasteiger partial charge in [0.05, 0.1) is 6.61 Å². The van der Waals surface area contributed by atoms with E-state index < -0.39 is 0 Å². The van der Waals surface area contributed by atoms with Gasteiger partial charge in [-0.15, -0.1) is 0 Å². The van der Waals surface area contributed by atoms with Crippen LogP contribution in [0.2, 0.25) is 0 Å². The zero-order valence-electron chi connectivity index (χ0n) is 11.8. The van der Waals surface area contributed by atoms with E-state index in [-0.39, 0.29) is 12.0 Å². The van der Waals surface area contributed by atoms with Crippen molar-refractivity contribution in [2.75, 3.05) is 40.0 Å². The van der Waals surface area contributed by atoms with Crippen LogP contribution < -0.4 is 5.32 Å². The van der Waals surface area contributed by atoms with E-state index in [0.29, 0.717) is 19.2 Å². The predicted molar refractivity (Wildman–Crippen MR) is 70.6 cm³/mol. The number of carbonyl (C=O) groups excluding carboxylic acids is 1. The molecule has 0 aromatic carbocycles. The molecule has 0 saturated carbocycles. The van der Waals surface area contributed by atoms with Crippen molar-refractivity contribution in [3.05, 3.63) is 0 Å². The number of carbonyl (C=O) groups is 1. The van der Waals surface area contributed by atoms with Gasteiger partial charge in [-0.1, -0.05) is 6.92 Å². The lowest BCUT2D eigenvalue weighted by atomic mass is 10.1. The van der Waals surface area contributed by atoms with E-state index in [9.17, 15) is 4.79 Å². The van der Waals surface area contributed by atoms with Crippen molar-refractivity contribution in [2.24, 2.45) is 0 Å². The van der Waals surface area contributed by atoms with Crippen molar-refractivity contribution in [3.63, 3.8) is 0 Å². The first-order chi connectivity index (χ1) is 8.69. The van der Waals surface area contributed by atoms with Crippen molar-refractivity contribution >= 4 is 5.97 Å². The fourth-order valence-electron chi connectivity index (χ4n) is 2.27. The molecule has 1 fully saturated rings. The largest absolute Gasteiger partial charge is 0.465 e. The van der Waals surface area contributed by atoms with Crippen LogP contribution >= 0.6 is 0 Å². The summed E-state index contributed by atoms with van der Waals surface area (Å²) in [5, 5.41) is 3.19. The first-order valence-corrected chi connectivity index (χ1v) is 6.87. The minimum atomic E-state index is -0.234. The van der Waals surface area contributed by atoms with Gasteiger partial charge in [0, 0.05) is 25.8 Å². The van der Waals surface area contributed by atoms with E-state index in [1.54, 1.807) is 0 Å². The van der Waals surface area contributed by atoms with Crippen LogP contribution in [0.4, 0.5) is 0 Å². The van der Waals surface area contributed by atoms with Gasteiger partial charge in [-0.05, 0) is 33.4 Å². The van der Waals surface area contributed by atoms with Gasteiger partial charge in [-0.3, -0.25) is 4.79 Å². The Morgan fingerprint density at radius 3 is 2.67 bits per heavy atom. The van der Waals surface area contributed by atoms with Gasteiger partial charge in [-0.2, -0.15) is 0 Å². The molecule has 0 aromatic rings. The molecule has 1 aliphatic heterocycles. The molecule has 0 amide bonds. The molecule has 0 bridgehead atoms. The molecule has 0 aliphatic carbocycles. The van der Waals surface area contributed by atoms with Gasteiger partial charge in [0.25, 0.3) is 0 Å². The molecule has 1 saturated heterocycles. The third kappa shape index (κ3) is 4.92. The minimum absolute atomic E-state index is 0.154. The molecular formula is C13H26N2O3. The topological polar surface area (TPSA) is 50.8 Å². The Morgan fingerprint density at radius 1 is 1.44 bits per heavy atom. The van der Waals surface area contributed by atoms with Gasteiger partial charge < -0.3 is 19.7 Å². The van der Waals surface area contributed by atoms with Crippen molar-refractivity contribution in [3.8, 4) is 0 Å². The van der Waals surface area contributed by atoms with Crippen LogP contribution in [0.5, 0.6) is 0 Å². The highest BCUT2D eigenvalue weighted by Gasteiger charge is 2.25. The summed E-state index contributed by atoms with van der Waals surface area (Å²) in [5.41, 5.74) is 0. The third-order valence-electron chi connectivity index (χ3n) is 3.31. The van der Waals surface area contributed by atoms with E-state index in [1.807, 2.05) is 13.8 Å². The monoisotopic (exact) mass is 258 g/mol. The fourth-order valence-corrected chi connectivity index (χ4v) is 2.27. The maximum Gasteiger partial charge on any atom is 0.324 e. The maximum absolute atomic E-state index is 11.8. The molecule has 0 spiro atoms. The van der Waals surface area contributed by atoms with Crippen LogP contribution in [0.3, 0.4) is 0 Å². The van der Waals surface area contributed by atoms with Crippen molar-refractivity contribution in [1.29, 1.82) is 0 Å². The highest BCUT2D eigenvalue weighted by Crippen LogP contribution is 2.13. The number of likely N-dealkylation sites (N-methyl/N-ethyl adjacent to an activating group) is 2. The molecule has 1 N–H and O–H groups in total. The quantitative estimate of drug-likeness (QED) is 0.679. The van der Waals surface area contributed by atoms with Gasteiger partial charge in [0.1, 0.15) is 6.04 Å². The lowest BCUT2D eigenvalue weighted by Gasteiger charge is -2.33. The molecule has 5 heteroatoms. The van der Waals surface area contributed by atoms with Gasteiger partial charge in [0.15, 0.2) is 0 Å². The summed E-state index contributed by atoms with van der Waals surface area (Å²) >= 11 is 0. The first-order valence-electron chi connectivity index (χ1n) is 6.87. The number of hydrogen-bond acceptors (Lipinski definition) is 5. The number of ether oxygens (including phenoxy) is 2. The van der Waals surface area contributed by atoms with Crippen molar-refractivity contribution in [2.45, 2.75) is 38.8 Å². The normalized spacial score (nSPS) is 18.9. The summed E-state index contributed by atoms with van der Waals surface area (Å²) in [6.07, 6.45) is 2.08. The minimum Gasteiger partial charge on any atom is -0.465 e. The lowest BCUT2D eigenvalue weighted by Crippen LogP contribution is -2.49. The van der Waals surface area contributed by atoms with Crippen molar-refractivity contribution in [1.82, 2.24) is 10.2 Å². The van der Waals surface area contributed by atoms with Crippen LogP contribution in [-0.2, 0) is 14.3 Å². The van der Waals surface area contributed by atoms with E-state index in [4.69, 9.17) is 9.47 Å². The molecule has 1 heterocycles. The molecule has 5 nitrogen and oxygen atoms in total. The van der Waals surface area contributed by atoms with Crippen LogP contribution in [0.25, 0.3) is 0 Å². The van der Waals surface area contributed by atoms with E-state index in [1.165, 1.54) is 0 Å². The molecule has 1 unspecified atom stereocenters. The summed E-state index contributed by atoms with van der Waals surface area (Å²) in [4.78, 5) is 14.1. The van der Waals surface area contributed by atoms with Crippen LogP contribution in [0.15, 0.2) is 0 Å². The van der Waals surface area contributed by atoms with Crippen LogP contribution in [0.1, 0.15) is 26.7 Å². The molecule has 1 aliphatic rings. The summed E-state index contributed by atoms with van der Waals surface area (Å²) in [6, 6.07) is 0.275. The Hall–Kier alpha value is -0.650. The van der Waals surface area contributed by atoms with E-state index in [0.717, 1.165) is 32.6 Å². The van der Waals surface area contributed by atoms with E-state index in [2.05, 4.69) is 17.3 Å². The molecule has 1 rings (SSSR count). The third-order valence-corrected chi connectivity index (χ3v) is 3.31. The summed E-state index contributed by atoms with van der Waals surface area (Å²) < 4.78 is 10.4. The Morgan fingerprint density at radius 2 is 2.11 bits per heavy atom. The molecule has 106 valence electrons. The maximum atomic E-state index is 11.8. The van der Waals surface area contributed by atoms with Gasteiger partial charge in [-0.25, -0.2) is 0 Å². The molecule has 0 aromatic heterocycles. The zero-order valence-corrected chi connectivity index (χ0v) is 11.8. The molecule has 0 radical (unpaired) electrons.